The summed E-state index contributed by atoms with van der Waals surface area (Å²) in [7, 11) is 1.78. The monoisotopic (exact) mass is 358 g/mol. The normalized spacial score (nSPS) is 21.7. The van der Waals surface area contributed by atoms with Crippen LogP contribution in [-0.2, 0) is 16.0 Å². The van der Waals surface area contributed by atoms with Crippen LogP contribution in [0.15, 0.2) is 24.3 Å². The summed E-state index contributed by atoms with van der Waals surface area (Å²) >= 11 is 0. The first-order valence-corrected chi connectivity index (χ1v) is 9.29. The molecule has 0 spiro atoms. The van der Waals surface area contributed by atoms with Crippen molar-refractivity contribution in [1.82, 2.24) is 9.80 Å². The number of likely N-dealkylation sites (tertiary alicyclic amines) is 2. The summed E-state index contributed by atoms with van der Waals surface area (Å²) in [6.07, 6.45) is 3.55. The van der Waals surface area contributed by atoms with Gasteiger partial charge < -0.3 is 14.9 Å². The molecule has 1 aromatic carbocycles. The number of carboxylic acids is 1. The number of carboxylic acid groups (broad SMARTS) is 1. The third-order valence-electron chi connectivity index (χ3n) is 5.69. The van der Waals surface area contributed by atoms with Gasteiger partial charge in [0.15, 0.2) is 0 Å². The second-order valence-corrected chi connectivity index (χ2v) is 7.44. The van der Waals surface area contributed by atoms with E-state index in [4.69, 9.17) is 0 Å². The average Bonchev–Trinajstić information content (AvgIpc) is 2.64. The largest absolute Gasteiger partial charge is 0.478 e. The van der Waals surface area contributed by atoms with Crippen LogP contribution in [0.5, 0.6) is 0 Å². The summed E-state index contributed by atoms with van der Waals surface area (Å²) < 4.78 is 0. The SMILES string of the molecule is CN1CCC(C(=O)N2CCC(Cc3ccccc3C(=O)O)CC2)CC1=O. The highest BCUT2D eigenvalue weighted by Crippen LogP contribution is 2.26. The summed E-state index contributed by atoms with van der Waals surface area (Å²) in [6.45, 7) is 2.04. The highest BCUT2D eigenvalue weighted by molar-refractivity contribution is 5.89. The molecule has 3 rings (SSSR count). The Morgan fingerprint density at radius 1 is 1.12 bits per heavy atom. The number of carbonyl (C=O) groups is 3. The van der Waals surface area contributed by atoms with E-state index in [9.17, 15) is 19.5 Å². The standard InChI is InChI=1S/C20H26N2O4/c1-21-9-8-16(13-18(21)23)19(24)22-10-6-14(7-11-22)12-15-4-2-3-5-17(15)20(25)26/h2-5,14,16H,6-13H2,1H3,(H,25,26). The maximum atomic E-state index is 12.7. The molecule has 1 aromatic rings. The van der Waals surface area contributed by atoms with Crippen molar-refractivity contribution in [3.05, 3.63) is 35.4 Å². The molecular formula is C20H26N2O4. The molecule has 1 N–H and O–H groups in total. The molecule has 0 saturated carbocycles. The lowest BCUT2D eigenvalue weighted by Gasteiger charge is -2.36. The zero-order valence-electron chi connectivity index (χ0n) is 15.2. The molecule has 26 heavy (non-hydrogen) atoms. The van der Waals surface area contributed by atoms with Crippen LogP contribution in [0.3, 0.4) is 0 Å². The first-order chi connectivity index (χ1) is 12.5. The van der Waals surface area contributed by atoms with Crippen molar-refractivity contribution in [1.29, 1.82) is 0 Å². The number of rotatable bonds is 4. The van der Waals surface area contributed by atoms with Gasteiger partial charge in [0.25, 0.3) is 0 Å². The number of piperidine rings is 2. The Morgan fingerprint density at radius 2 is 1.81 bits per heavy atom. The van der Waals surface area contributed by atoms with Crippen LogP contribution in [0.1, 0.15) is 41.6 Å². The zero-order valence-corrected chi connectivity index (χ0v) is 15.2. The number of benzene rings is 1. The molecule has 0 aliphatic carbocycles. The van der Waals surface area contributed by atoms with Gasteiger partial charge in [-0.3, -0.25) is 9.59 Å². The van der Waals surface area contributed by atoms with E-state index in [0.29, 0.717) is 37.5 Å². The first kappa shape index (κ1) is 18.4. The highest BCUT2D eigenvalue weighted by Gasteiger charge is 2.33. The van der Waals surface area contributed by atoms with Crippen LogP contribution in [-0.4, -0.2) is 59.4 Å². The maximum Gasteiger partial charge on any atom is 0.335 e. The third kappa shape index (κ3) is 4.06. The Kier molecular flexibility index (Phi) is 5.59. The smallest absolute Gasteiger partial charge is 0.335 e. The van der Waals surface area contributed by atoms with E-state index >= 15 is 0 Å². The van der Waals surface area contributed by atoms with E-state index in [-0.39, 0.29) is 17.7 Å². The molecular weight excluding hydrogens is 332 g/mol. The fourth-order valence-electron chi connectivity index (χ4n) is 3.99. The molecule has 1 unspecified atom stereocenters. The van der Waals surface area contributed by atoms with Gasteiger partial charge in [-0.05, 0) is 43.2 Å². The summed E-state index contributed by atoms with van der Waals surface area (Å²) in [4.78, 5) is 39.5. The van der Waals surface area contributed by atoms with Gasteiger partial charge in [-0.15, -0.1) is 0 Å². The fraction of sp³-hybridized carbons (Fsp3) is 0.550. The minimum absolute atomic E-state index is 0.0507. The Bertz CT molecular complexity index is 695. The van der Waals surface area contributed by atoms with Crippen molar-refractivity contribution in [2.24, 2.45) is 11.8 Å². The Morgan fingerprint density at radius 3 is 2.46 bits per heavy atom. The van der Waals surface area contributed by atoms with Crippen molar-refractivity contribution < 1.29 is 19.5 Å². The van der Waals surface area contributed by atoms with E-state index < -0.39 is 5.97 Å². The first-order valence-electron chi connectivity index (χ1n) is 9.29. The summed E-state index contributed by atoms with van der Waals surface area (Å²) in [5.41, 5.74) is 1.24. The molecule has 1 atom stereocenters. The molecule has 0 radical (unpaired) electrons. The molecule has 0 aromatic heterocycles. The van der Waals surface area contributed by atoms with E-state index in [1.54, 1.807) is 24.1 Å². The lowest BCUT2D eigenvalue weighted by molar-refractivity contribution is -0.145. The lowest BCUT2D eigenvalue weighted by Crippen LogP contribution is -2.46. The molecule has 2 amide bonds. The van der Waals surface area contributed by atoms with Gasteiger partial charge in [0, 0.05) is 39.0 Å². The summed E-state index contributed by atoms with van der Waals surface area (Å²) in [5.74, 6) is -0.521. The van der Waals surface area contributed by atoms with Crippen molar-refractivity contribution in [3.63, 3.8) is 0 Å². The molecule has 140 valence electrons. The number of hydrogen-bond donors (Lipinski definition) is 1. The lowest BCUT2D eigenvalue weighted by atomic mass is 9.87. The van der Waals surface area contributed by atoms with E-state index in [2.05, 4.69) is 0 Å². The Balaban J connectivity index is 1.54. The Hall–Kier alpha value is -2.37. The molecule has 2 aliphatic rings. The predicted molar refractivity (Wildman–Crippen MR) is 96.8 cm³/mol. The number of amides is 2. The topological polar surface area (TPSA) is 77.9 Å². The van der Waals surface area contributed by atoms with Crippen molar-refractivity contribution in [2.45, 2.75) is 32.1 Å². The van der Waals surface area contributed by atoms with Crippen LogP contribution >= 0.6 is 0 Å². The van der Waals surface area contributed by atoms with Crippen molar-refractivity contribution in [3.8, 4) is 0 Å². The summed E-state index contributed by atoms with van der Waals surface area (Å²) in [5, 5.41) is 9.31. The molecule has 6 heteroatoms. The van der Waals surface area contributed by atoms with Gasteiger partial charge >= 0.3 is 5.97 Å². The van der Waals surface area contributed by atoms with Crippen molar-refractivity contribution in [2.75, 3.05) is 26.7 Å². The quantitative estimate of drug-likeness (QED) is 0.893. The van der Waals surface area contributed by atoms with Gasteiger partial charge in [0.2, 0.25) is 11.8 Å². The number of carbonyl (C=O) groups excluding carboxylic acids is 2. The fourth-order valence-corrected chi connectivity index (χ4v) is 3.99. The van der Waals surface area contributed by atoms with E-state index in [1.807, 2.05) is 17.0 Å². The molecule has 2 aliphatic heterocycles. The third-order valence-corrected chi connectivity index (χ3v) is 5.69. The van der Waals surface area contributed by atoms with Crippen LogP contribution < -0.4 is 0 Å². The van der Waals surface area contributed by atoms with Crippen LogP contribution in [0.2, 0.25) is 0 Å². The number of nitrogens with zero attached hydrogens (tertiary/aromatic N) is 2. The predicted octanol–water partition coefficient (Wildman–Crippen LogP) is 2.03. The zero-order chi connectivity index (χ0) is 18.7. The molecule has 6 nitrogen and oxygen atoms in total. The minimum Gasteiger partial charge on any atom is -0.478 e. The summed E-state index contributed by atoms with van der Waals surface area (Å²) in [6, 6.07) is 7.15. The molecule has 0 bridgehead atoms. The van der Waals surface area contributed by atoms with Gasteiger partial charge in [-0.25, -0.2) is 4.79 Å². The van der Waals surface area contributed by atoms with E-state index in [0.717, 1.165) is 31.2 Å². The molecule has 2 saturated heterocycles. The highest BCUT2D eigenvalue weighted by atomic mass is 16.4. The van der Waals surface area contributed by atoms with E-state index in [1.165, 1.54) is 0 Å². The minimum atomic E-state index is -0.889. The van der Waals surface area contributed by atoms with Gasteiger partial charge in [-0.1, -0.05) is 18.2 Å². The van der Waals surface area contributed by atoms with Crippen molar-refractivity contribution >= 4 is 17.8 Å². The van der Waals surface area contributed by atoms with Crippen LogP contribution in [0.25, 0.3) is 0 Å². The van der Waals surface area contributed by atoms with Gasteiger partial charge in [-0.2, -0.15) is 0 Å². The maximum absolute atomic E-state index is 12.7. The second-order valence-electron chi connectivity index (χ2n) is 7.44. The van der Waals surface area contributed by atoms with Gasteiger partial charge in [0.1, 0.15) is 0 Å². The Labute approximate surface area is 153 Å². The van der Waals surface area contributed by atoms with Crippen LogP contribution in [0, 0.1) is 11.8 Å². The second kappa shape index (κ2) is 7.89. The number of hydrogen-bond acceptors (Lipinski definition) is 3. The van der Waals surface area contributed by atoms with Crippen LogP contribution in [0.4, 0.5) is 0 Å². The van der Waals surface area contributed by atoms with Gasteiger partial charge in [0.05, 0.1) is 5.56 Å². The molecule has 2 fully saturated rings. The number of aromatic carboxylic acids is 1. The average molecular weight is 358 g/mol. The molecule has 2 heterocycles.